The molecule has 0 bridgehead atoms. The molecule has 0 atom stereocenters. The fraction of sp³-hybridized carbons (Fsp3) is 0.273. The summed E-state index contributed by atoms with van der Waals surface area (Å²) < 4.78 is 7.22. The lowest BCUT2D eigenvalue weighted by Gasteiger charge is -2.00. The van der Waals surface area contributed by atoms with E-state index in [1.54, 1.807) is 12.3 Å². The number of fused-ring (bicyclic) bond motifs is 3. The number of aryl methyl sites for hydroxylation is 2. The topological polar surface area (TPSA) is 68.3 Å². The summed E-state index contributed by atoms with van der Waals surface area (Å²) in [6, 6.07) is 3.46. The quantitative estimate of drug-likeness (QED) is 0.792. The van der Waals surface area contributed by atoms with Crippen molar-refractivity contribution in [3.63, 3.8) is 0 Å². The Morgan fingerprint density at radius 1 is 1.56 bits per heavy atom. The van der Waals surface area contributed by atoms with Gasteiger partial charge in [0.15, 0.2) is 0 Å². The number of carboxylic acids is 1. The minimum Gasteiger partial charge on any atom is -0.475 e. The summed E-state index contributed by atoms with van der Waals surface area (Å²) in [7, 11) is 0. The maximum absolute atomic E-state index is 10.8. The van der Waals surface area contributed by atoms with E-state index in [4.69, 9.17) is 9.52 Å². The molecule has 0 radical (unpaired) electrons. The molecule has 3 heterocycles. The van der Waals surface area contributed by atoms with Gasteiger partial charge in [-0.1, -0.05) is 0 Å². The van der Waals surface area contributed by atoms with E-state index in [0.29, 0.717) is 0 Å². The fourth-order valence-electron chi connectivity index (χ4n) is 2.07. The first-order valence-corrected chi connectivity index (χ1v) is 5.14. The van der Waals surface area contributed by atoms with Gasteiger partial charge in [0.2, 0.25) is 5.76 Å². The van der Waals surface area contributed by atoms with Gasteiger partial charge < -0.3 is 9.52 Å². The van der Waals surface area contributed by atoms with Crippen LogP contribution in [0.15, 0.2) is 22.7 Å². The second-order valence-electron chi connectivity index (χ2n) is 3.80. The van der Waals surface area contributed by atoms with Gasteiger partial charge in [-0.2, -0.15) is 5.10 Å². The maximum Gasteiger partial charge on any atom is 0.371 e. The smallest absolute Gasteiger partial charge is 0.371 e. The van der Waals surface area contributed by atoms with Crippen LogP contribution >= 0.6 is 0 Å². The molecule has 0 aromatic carbocycles. The van der Waals surface area contributed by atoms with E-state index in [1.807, 2.05) is 10.7 Å². The third kappa shape index (κ3) is 1.25. The van der Waals surface area contributed by atoms with Crippen LogP contribution in [-0.2, 0) is 13.0 Å². The molecule has 0 aliphatic carbocycles. The summed E-state index contributed by atoms with van der Waals surface area (Å²) in [5, 5.41) is 13.1. The highest BCUT2D eigenvalue weighted by Crippen LogP contribution is 2.30. The van der Waals surface area contributed by atoms with Crippen molar-refractivity contribution in [1.29, 1.82) is 0 Å². The van der Waals surface area contributed by atoms with Crippen LogP contribution in [0, 0.1) is 0 Å². The summed E-state index contributed by atoms with van der Waals surface area (Å²) >= 11 is 0. The lowest BCUT2D eigenvalue weighted by Crippen LogP contribution is -2.00. The summed E-state index contributed by atoms with van der Waals surface area (Å²) in [6.07, 6.45) is 3.39. The molecule has 0 unspecified atom stereocenters. The van der Waals surface area contributed by atoms with Gasteiger partial charge in [0.25, 0.3) is 0 Å². The number of hydrogen-bond acceptors (Lipinski definition) is 3. The molecule has 1 N–H and O–H groups in total. The van der Waals surface area contributed by atoms with Crippen molar-refractivity contribution in [2.75, 3.05) is 0 Å². The maximum atomic E-state index is 10.8. The highest BCUT2D eigenvalue weighted by molar-refractivity contribution is 5.86. The second kappa shape index (κ2) is 3.23. The van der Waals surface area contributed by atoms with Crippen molar-refractivity contribution < 1.29 is 14.3 Å². The van der Waals surface area contributed by atoms with Gasteiger partial charge in [0.1, 0.15) is 5.76 Å². The molecular formula is C11H10N2O3. The predicted octanol–water partition coefficient (Wildman–Crippen LogP) is 1.79. The van der Waals surface area contributed by atoms with Gasteiger partial charge in [0, 0.05) is 30.8 Å². The van der Waals surface area contributed by atoms with E-state index < -0.39 is 5.97 Å². The molecular weight excluding hydrogens is 208 g/mol. The van der Waals surface area contributed by atoms with Gasteiger partial charge in [-0.3, -0.25) is 4.68 Å². The van der Waals surface area contributed by atoms with Crippen LogP contribution in [0.5, 0.6) is 0 Å². The average Bonchev–Trinajstić information content (AvgIpc) is 2.82. The van der Waals surface area contributed by atoms with Crippen LogP contribution in [-0.4, -0.2) is 20.9 Å². The second-order valence-corrected chi connectivity index (χ2v) is 3.80. The molecule has 5 nitrogen and oxygen atoms in total. The van der Waals surface area contributed by atoms with Crippen molar-refractivity contribution in [2.24, 2.45) is 0 Å². The van der Waals surface area contributed by atoms with Crippen LogP contribution in [0.3, 0.4) is 0 Å². The number of aromatic carboxylic acids is 1. The lowest BCUT2D eigenvalue weighted by atomic mass is 10.1. The molecule has 82 valence electrons. The third-order valence-electron chi connectivity index (χ3n) is 2.79. The zero-order valence-electron chi connectivity index (χ0n) is 8.51. The Kier molecular flexibility index (Phi) is 1.86. The first-order valence-electron chi connectivity index (χ1n) is 5.14. The first kappa shape index (κ1) is 9.21. The Labute approximate surface area is 91.3 Å². The molecule has 1 aliphatic rings. The molecule has 3 rings (SSSR count). The van der Waals surface area contributed by atoms with E-state index in [0.717, 1.165) is 36.4 Å². The Morgan fingerprint density at radius 2 is 2.44 bits per heavy atom. The highest BCUT2D eigenvalue weighted by Gasteiger charge is 2.21. The minimum absolute atomic E-state index is 0.000324. The Hall–Kier alpha value is -2.04. The molecule has 1 aliphatic heterocycles. The third-order valence-corrected chi connectivity index (χ3v) is 2.79. The molecule has 16 heavy (non-hydrogen) atoms. The summed E-state index contributed by atoms with van der Waals surface area (Å²) in [5.41, 5.74) is 1.79. The highest BCUT2D eigenvalue weighted by atomic mass is 16.4. The van der Waals surface area contributed by atoms with E-state index >= 15 is 0 Å². The number of rotatable bonds is 1. The van der Waals surface area contributed by atoms with Crippen molar-refractivity contribution in [3.05, 3.63) is 29.9 Å². The van der Waals surface area contributed by atoms with Gasteiger partial charge in [-0.05, 0) is 12.5 Å². The normalized spacial score (nSPS) is 14.0. The Bertz CT molecular complexity index is 553. The van der Waals surface area contributed by atoms with Crippen LogP contribution < -0.4 is 0 Å². The van der Waals surface area contributed by atoms with Crippen molar-refractivity contribution in [3.8, 4) is 11.3 Å². The summed E-state index contributed by atoms with van der Waals surface area (Å²) in [4.78, 5) is 10.8. The van der Waals surface area contributed by atoms with E-state index in [2.05, 4.69) is 5.10 Å². The van der Waals surface area contributed by atoms with Gasteiger partial charge in [-0.15, -0.1) is 0 Å². The van der Waals surface area contributed by atoms with Crippen molar-refractivity contribution in [1.82, 2.24) is 9.78 Å². The number of carbonyl (C=O) groups is 1. The first-order chi connectivity index (χ1) is 7.75. The molecule has 0 fully saturated rings. The van der Waals surface area contributed by atoms with Gasteiger partial charge in [0.05, 0.1) is 5.69 Å². The molecule has 0 amide bonds. The van der Waals surface area contributed by atoms with E-state index in [1.165, 1.54) is 0 Å². The lowest BCUT2D eigenvalue weighted by molar-refractivity contribution is 0.0660. The Balaban J connectivity index is 2.19. The van der Waals surface area contributed by atoms with E-state index in [9.17, 15) is 4.79 Å². The van der Waals surface area contributed by atoms with Crippen LogP contribution in [0.4, 0.5) is 0 Å². The van der Waals surface area contributed by atoms with Crippen molar-refractivity contribution in [2.45, 2.75) is 19.4 Å². The monoisotopic (exact) mass is 218 g/mol. The van der Waals surface area contributed by atoms with Crippen molar-refractivity contribution >= 4 is 5.97 Å². The molecule has 0 spiro atoms. The summed E-state index contributed by atoms with van der Waals surface area (Å²) in [5.74, 6) is -0.282. The van der Waals surface area contributed by atoms with Crippen LogP contribution in [0.2, 0.25) is 0 Å². The van der Waals surface area contributed by atoms with Crippen LogP contribution in [0.1, 0.15) is 22.7 Å². The number of carboxylic acid groups (broad SMARTS) is 1. The van der Waals surface area contributed by atoms with Crippen LogP contribution in [0.25, 0.3) is 11.3 Å². The average molecular weight is 218 g/mol. The molecule has 0 saturated carbocycles. The Morgan fingerprint density at radius 3 is 3.25 bits per heavy atom. The standard InChI is InChI=1S/C11H10N2O3/c14-11(15)10-6-7-8-3-4-12-13(8)5-1-2-9(7)16-10/h3-4,6H,1-2,5H2,(H,14,15). The largest absolute Gasteiger partial charge is 0.475 e. The molecule has 5 heteroatoms. The zero-order valence-corrected chi connectivity index (χ0v) is 8.51. The minimum atomic E-state index is -1.03. The van der Waals surface area contributed by atoms with Gasteiger partial charge >= 0.3 is 5.97 Å². The number of hydrogen-bond donors (Lipinski definition) is 1. The number of aromatic nitrogens is 2. The molecule has 2 aromatic heterocycles. The fourth-order valence-corrected chi connectivity index (χ4v) is 2.07. The number of furan rings is 1. The zero-order chi connectivity index (χ0) is 11.1. The van der Waals surface area contributed by atoms with Gasteiger partial charge in [-0.25, -0.2) is 4.79 Å². The molecule has 2 aromatic rings. The predicted molar refractivity (Wildman–Crippen MR) is 55.2 cm³/mol. The number of nitrogens with zero attached hydrogens (tertiary/aromatic N) is 2. The summed E-state index contributed by atoms with van der Waals surface area (Å²) in [6.45, 7) is 0.842. The molecule has 0 saturated heterocycles. The SMILES string of the molecule is O=C(O)c1cc2c(o1)CCCn1nccc1-2. The van der Waals surface area contributed by atoms with E-state index in [-0.39, 0.29) is 5.76 Å².